The average molecular weight is 432 g/mol. The number of nitrogens with one attached hydrogen (secondary N) is 1. The Kier molecular flexibility index (Phi) is 5.02. The molecule has 5 rings (SSSR count). The van der Waals surface area contributed by atoms with E-state index in [2.05, 4.69) is 15.0 Å². The SMILES string of the molecule is Nc1ncnc2cc(CN3CCN(Cc4cc5ccc(F)cc5[nH]c4=O)CC3=O)ccc12. The van der Waals surface area contributed by atoms with Gasteiger partial charge >= 0.3 is 0 Å². The highest BCUT2D eigenvalue weighted by molar-refractivity contribution is 5.88. The Morgan fingerprint density at radius 1 is 1.03 bits per heavy atom. The maximum absolute atomic E-state index is 13.4. The summed E-state index contributed by atoms with van der Waals surface area (Å²) < 4.78 is 13.4. The zero-order chi connectivity index (χ0) is 22.2. The third kappa shape index (κ3) is 3.90. The number of hydrogen-bond donors (Lipinski definition) is 2. The first-order valence-electron chi connectivity index (χ1n) is 10.3. The molecule has 9 heteroatoms. The van der Waals surface area contributed by atoms with Gasteiger partial charge in [-0.05, 0) is 47.3 Å². The van der Waals surface area contributed by atoms with Crippen LogP contribution in [0.15, 0.2) is 53.6 Å². The van der Waals surface area contributed by atoms with Crippen LogP contribution in [0.2, 0.25) is 0 Å². The summed E-state index contributed by atoms with van der Waals surface area (Å²) >= 11 is 0. The third-order valence-corrected chi connectivity index (χ3v) is 5.78. The fraction of sp³-hybridized carbons (Fsp3) is 0.217. The first kappa shape index (κ1) is 20.1. The van der Waals surface area contributed by atoms with Gasteiger partial charge in [0.25, 0.3) is 5.56 Å². The predicted molar refractivity (Wildman–Crippen MR) is 119 cm³/mol. The van der Waals surface area contributed by atoms with E-state index in [1.165, 1.54) is 18.5 Å². The molecule has 0 aliphatic carbocycles. The summed E-state index contributed by atoms with van der Waals surface area (Å²) in [6, 6.07) is 11.8. The number of nitrogens with zero attached hydrogens (tertiary/aromatic N) is 4. The Morgan fingerprint density at radius 3 is 2.75 bits per heavy atom. The fourth-order valence-corrected chi connectivity index (χ4v) is 4.08. The maximum atomic E-state index is 13.4. The Labute approximate surface area is 182 Å². The molecule has 1 saturated heterocycles. The minimum absolute atomic E-state index is 0.00200. The maximum Gasteiger partial charge on any atom is 0.252 e. The summed E-state index contributed by atoms with van der Waals surface area (Å²) in [7, 11) is 0. The molecular formula is C23H21FN6O2. The lowest BCUT2D eigenvalue weighted by Gasteiger charge is -2.34. The number of rotatable bonds is 4. The molecule has 0 unspecified atom stereocenters. The number of fused-ring (bicyclic) bond motifs is 2. The van der Waals surface area contributed by atoms with E-state index in [4.69, 9.17) is 5.73 Å². The van der Waals surface area contributed by atoms with Gasteiger partial charge in [0.15, 0.2) is 0 Å². The van der Waals surface area contributed by atoms with Gasteiger partial charge in [0.05, 0.1) is 17.6 Å². The van der Waals surface area contributed by atoms with Crippen LogP contribution in [0.5, 0.6) is 0 Å². The lowest BCUT2D eigenvalue weighted by atomic mass is 10.1. The van der Waals surface area contributed by atoms with Crippen molar-refractivity contribution in [3.63, 3.8) is 0 Å². The van der Waals surface area contributed by atoms with Crippen molar-refractivity contribution in [1.82, 2.24) is 24.8 Å². The lowest BCUT2D eigenvalue weighted by molar-refractivity contribution is -0.136. The van der Waals surface area contributed by atoms with E-state index in [1.807, 2.05) is 23.1 Å². The van der Waals surface area contributed by atoms with Crippen LogP contribution in [0, 0.1) is 5.82 Å². The van der Waals surface area contributed by atoms with Gasteiger partial charge in [0.1, 0.15) is 18.0 Å². The molecule has 0 spiro atoms. The van der Waals surface area contributed by atoms with Crippen LogP contribution >= 0.6 is 0 Å². The Balaban J connectivity index is 1.27. The number of aromatic nitrogens is 3. The van der Waals surface area contributed by atoms with Crippen molar-refractivity contribution in [2.24, 2.45) is 0 Å². The highest BCUT2D eigenvalue weighted by Gasteiger charge is 2.24. The Morgan fingerprint density at radius 2 is 1.91 bits per heavy atom. The normalized spacial score (nSPS) is 15.0. The molecule has 4 aromatic rings. The van der Waals surface area contributed by atoms with E-state index in [1.54, 1.807) is 17.0 Å². The minimum atomic E-state index is -0.398. The number of aromatic amines is 1. The van der Waals surface area contributed by atoms with Gasteiger partial charge in [-0.25, -0.2) is 14.4 Å². The molecule has 2 aromatic carbocycles. The van der Waals surface area contributed by atoms with Crippen molar-refractivity contribution in [2.75, 3.05) is 25.4 Å². The summed E-state index contributed by atoms with van der Waals surface area (Å²) in [4.78, 5) is 39.9. The molecule has 3 heterocycles. The number of nitrogen functional groups attached to an aromatic ring is 1. The second kappa shape index (κ2) is 8.01. The van der Waals surface area contributed by atoms with Crippen LogP contribution in [-0.2, 0) is 17.9 Å². The van der Waals surface area contributed by atoms with Crippen molar-refractivity contribution in [3.8, 4) is 0 Å². The average Bonchev–Trinajstić information content (AvgIpc) is 2.76. The number of piperazine rings is 1. The van der Waals surface area contributed by atoms with Gasteiger partial charge in [-0.1, -0.05) is 6.07 Å². The monoisotopic (exact) mass is 432 g/mol. The van der Waals surface area contributed by atoms with Gasteiger partial charge in [-0.2, -0.15) is 0 Å². The van der Waals surface area contributed by atoms with Gasteiger partial charge in [-0.3, -0.25) is 14.5 Å². The molecule has 3 N–H and O–H groups in total. The predicted octanol–water partition coefficient (Wildman–Crippen LogP) is 2.04. The van der Waals surface area contributed by atoms with Crippen molar-refractivity contribution in [1.29, 1.82) is 0 Å². The first-order chi connectivity index (χ1) is 15.5. The van der Waals surface area contributed by atoms with Crippen molar-refractivity contribution in [2.45, 2.75) is 13.1 Å². The van der Waals surface area contributed by atoms with Crippen LogP contribution in [0.25, 0.3) is 21.8 Å². The second-order valence-electron chi connectivity index (χ2n) is 7.99. The van der Waals surface area contributed by atoms with Crippen LogP contribution < -0.4 is 11.3 Å². The molecule has 8 nitrogen and oxygen atoms in total. The number of H-pyrrole nitrogens is 1. The van der Waals surface area contributed by atoms with Crippen LogP contribution in [-0.4, -0.2) is 50.3 Å². The summed E-state index contributed by atoms with van der Waals surface area (Å²) in [5.74, 6) is 0.0304. The fourth-order valence-electron chi connectivity index (χ4n) is 4.08. The number of halogens is 1. The number of nitrogens with two attached hydrogens (primary N) is 1. The Bertz CT molecular complexity index is 1400. The topological polar surface area (TPSA) is 108 Å². The zero-order valence-corrected chi connectivity index (χ0v) is 17.2. The van der Waals surface area contributed by atoms with Gasteiger partial charge in [0, 0.05) is 37.1 Å². The van der Waals surface area contributed by atoms with Crippen LogP contribution in [0.3, 0.4) is 0 Å². The minimum Gasteiger partial charge on any atom is -0.383 e. The molecule has 2 aromatic heterocycles. The molecule has 0 bridgehead atoms. The molecular weight excluding hydrogens is 411 g/mol. The summed E-state index contributed by atoms with van der Waals surface area (Å²) in [5, 5.41) is 1.54. The van der Waals surface area contributed by atoms with Gasteiger partial charge in [-0.15, -0.1) is 0 Å². The third-order valence-electron chi connectivity index (χ3n) is 5.78. The largest absolute Gasteiger partial charge is 0.383 e. The van der Waals surface area contributed by atoms with E-state index < -0.39 is 5.82 Å². The van der Waals surface area contributed by atoms with E-state index in [9.17, 15) is 14.0 Å². The number of carbonyl (C=O) groups is 1. The molecule has 1 aliphatic heterocycles. The number of anilines is 1. The summed E-state index contributed by atoms with van der Waals surface area (Å²) in [6.07, 6.45) is 1.43. The van der Waals surface area contributed by atoms with E-state index in [0.29, 0.717) is 43.1 Å². The molecule has 0 atom stereocenters. The molecule has 0 saturated carbocycles. The number of carbonyl (C=O) groups excluding carboxylic acids is 1. The summed E-state index contributed by atoms with van der Waals surface area (Å²) in [5.41, 5.74) is 8.34. The highest BCUT2D eigenvalue weighted by Crippen LogP contribution is 2.20. The van der Waals surface area contributed by atoms with Crippen molar-refractivity contribution in [3.05, 3.63) is 76.1 Å². The molecule has 162 valence electrons. The Hall–Kier alpha value is -3.85. The van der Waals surface area contributed by atoms with Gasteiger partial charge in [0.2, 0.25) is 5.91 Å². The van der Waals surface area contributed by atoms with Crippen molar-refractivity contribution >= 4 is 33.5 Å². The standard InChI is InChI=1S/C23H21FN6O2/c24-17-3-2-15-8-16(23(32)28-19(15)9-17)11-29-5-6-30(21(31)12-29)10-14-1-4-18-20(7-14)26-13-27-22(18)25/h1-4,7-9,13H,5-6,10-12H2,(H,28,32)(H2,25,26,27). The van der Waals surface area contributed by atoms with Crippen LogP contribution in [0.4, 0.5) is 10.2 Å². The second-order valence-corrected chi connectivity index (χ2v) is 7.99. The zero-order valence-electron chi connectivity index (χ0n) is 17.2. The number of pyridine rings is 1. The van der Waals surface area contributed by atoms with E-state index >= 15 is 0 Å². The number of hydrogen-bond acceptors (Lipinski definition) is 6. The highest BCUT2D eigenvalue weighted by atomic mass is 19.1. The molecule has 1 fully saturated rings. The van der Waals surface area contributed by atoms with Crippen LogP contribution in [0.1, 0.15) is 11.1 Å². The van der Waals surface area contributed by atoms with Crippen molar-refractivity contribution < 1.29 is 9.18 Å². The first-order valence-corrected chi connectivity index (χ1v) is 10.3. The molecule has 1 aliphatic rings. The number of amides is 1. The number of benzene rings is 2. The quantitative estimate of drug-likeness (QED) is 0.511. The molecule has 0 radical (unpaired) electrons. The lowest BCUT2D eigenvalue weighted by Crippen LogP contribution is -2.49. The molecule has 32 heavy (non-hydrogen) atoms. The van der Waals surface area contributed by atoms with E-state index in [0.717, 1.165) is 21.9 Å². The molecule has 1 amide bonds. The summed E-state index contributed by atoms with van der Waals surface area (Å²) in [6.45, 7) is 2.27. The smallest absolute Gasteiger partial charge is 0.252 e. The van der Waals surface area contributed by atoms with E-state index in [-0.39, 0.29) is 18.0 Å². The van der Waals surface area contributed by atoms with Gasteiger partial charge < -0.3 is 15.6 Å².